The topological polar surface area (TPSA) is 84.5 Å². The second-order valence-corrected chi connectivity index (χ2v) is 8.39. The van der Waals surface area contributed by atoms with Crippen molar-refractivity contribution in [2.24, 2.45) is 0 Å². The van der Waals surface area contributed by atoms with E-state index < -0.39 is 22.7 Å². The maximum atomic E-state index is 12.4. The predicted octanol–water partition coefficient (Wildman–Crippen LogP) is 3.45. The van der Waals surface area contributed by atoms with Gasteiger partial charge in [-0.1, -0.05) is 24.3 Å². The Morgan fingerprint density at radius 2 is 1.86 bits per heavy atom. The van der Waals surface area contributed by atoms with Gasteiger partial charge in [-0.15, -0.1) is 0 Å². The van der Waals surface area contributed by atoms with Gasteiger partial charge in [0.2, 0.25) is 15.9 Å². The number of carbonyl (C=O) groups excluding carboxylic acids is 1. The number of hydrogen-bond donors (Lipinski definition) is 2. The Labute approximate surface area is 169 Å². The Balaban J connectivity index is 1.90. The maximum absolute atomic E-state index is 12.4. The Bertz CT molecular complexity index is 965. The molecule has 0 aliphatic carbocycles. The molecule has 2 N–H and O–H groups in total. The molecule has 9 heteroatoms. The molecule has 0 fully saturated rings. The van der Waals surface area contributed by atoms with E-state index in [0.717, 1.165) is 5.56 Å². The van der Waals surface area contributed by atoms with Crippen LogP contribution in [-0.2, 0) is 14.8 Å². The lowest BCUT2D eigenvalue weighted by atomic mass is 10.1. The molecule has 0 aliphatic heterocycles. The Kier molecular flexibility index (Phi) is 7.69. The number of ether oxygens (including phenoxy) is 1. The van der Waals surface area contributed by atoms with Crippen LogP contribution in [0.2, 0.25) is 0 Å². The second-order valence-electron chi connectivity index (χ2n) is 6.66. The number of sulfonamides is 1. The molecule has 29 heavy (non-hydrogen) atoms. The first kappa shape index (κ1) is 22.8. The zero-order valence-corrected chi connectivity index (χ0v) is 17.2. The van der Waals surface area contributed by atoms with E-state index in [1.54, 1.807) is 45.0 Å². The Morgan fingerprint density at radius 1 is 1.14 bits per heavy atom. The third kappa shape index (κ3) is 6.79. The Morgan fingerprint density at radius 3 is 2.55 bits per heavy atom. The largest absolute Gasteiger partial charge is 0.435 e. The monoisotopic (exact) mass is 426 g/mol. The lowest BCUT2D eigenvalue weighted by Crippen LogP contribution is -2.32. The van der Waals surface area contributed by atoms with Crippen LogP contribution in [0.25, 0.3) is 0 Å². The number of halogens is 2. The van der Waals surface area contributed by atoms with Gasteiger partial charge in [0.05, 0.1) is 10.9 Å². The lowest BCUT2D eigenvalue weighted by molar-refractivity contribution is -0.121. The molecule has 1 unspecified atom stereocenters. The highest BCUT2D eigenvalue weighted by atomic mass is 32.2. The van der Waals surface area contributed by atoms with E-state index >= 15 is 0 Å². The van der Waals surface area contributed by atoms with E-state index in [1.807, 2.05) is 6.07 Å². The summed E-state index contributed by atoms with van der Waals surface area (Å²) in [5.41, 5.74) is 2.03. The summed E-state index contributed by atoms with van der Waals surface area (Å²) >= 11 is 0. The molecule has 2 aromatic rings. The van der Waals surface area contributed by atoms with Gasteiger partial charge in [0.25, 0.3) is 0 Å². The van der Waals surface area contributed by atoms with Gasteiger partial charge in [0.1, 0.15) is 5.75 Å². The highest BCUT2D eigenvalue weighted by Crippen LogP contribution is 2.21. The zero-order chi connectivity index (χ0) is 21.6. The van der Waals surface area contributed by atoms with Crippen molar-refractivity contribution >= 4 is 15.9 Å². The third-order valence-corrected chi connectivity index (χ3v) is 5.84. The van der Waals surface area contributed by atoms with Gasteiger partial charge in [-0.25, -0.2) is 13.1 Å². The molecule has 0 saturated carbocycles. The third-order valence-electron chi connectivity index (χ3n) is 4.24. The minimum absolute atomic E-state index is 0.000108. The fourth-order valence-corrected chi connectivity index (χ4v) is 4.09. The standard InChI is InChI=1S/C20H24F2N2O4S/c1-13-7-8-14(2)18(11-13)29(26,27)23-10-9-19(25)24-15(3)16-5-4-6-17(12-16)28-20(21)22/h4-8,11-12,15,20,23H,9-10H2,1-3H3,(H,24,25). The van der Waals surface area contributed by atoms with Crippen molar-refractivity contribution < 1.29 is 26.7 Å². The number of nitrogens with one attached hydrogen (secondary N) is 2. The molecule has 158 valence electrons. The summed E-state index contributed by atoms with van der Waals surface area (Å²) < 4.78 is 56.3. The first-order chi connectivity index (χ1) is 13.6. The van der Waals surface area contributed by atoms with Gasteiger partial charge >= 0.3 is 6.61 Å². The van der Waals surface area contributed by atoms with Crippen molar-refractivity contribution in [3.63, 3.8) is 0 Å². The van der Waals surface area contributed by atoms with Gasteiger partial charge in [-0.3, -0.25) is 4.79 Å². The van der Waals surface area contributed by atoms with Crippen LogP contribution in [0, 0.1) is 13.8 Å². The van der Waals surface area contributed by atoms with E-state index in [9.17, 15) is 22.0 Å². The first-order valence-electron chi connectivity index (χ1n) is 8.99. The van der Waals surface area contributed by atoms with Crippen molar-refractivity contribution in [1.82, 2.24) is 10.0 Å². The van der Waals surface area contributed by atoms with Crippen LogP contribution < -0.4 is 14.8 Å². The smallest absolute Gasteiger partial charge is 0.387 e. The molecule has 1 amide bonds. The molecule has 0 bridgehead atoms. The van der Waals surface area contributed by atoms with Gasteiger partial charge in [-0.2, -0.15) is 8.78 Å². The van der Waals surface area contributed by atoms with Crippen LogP contribution in [0.1, 0.15) is 36.1 Å². The minimum Gasteiger partial charge on any atom is -0.435 e. The van der Waals surface area contributed by atoms with E-state index in [-0.39, 0.29) is 29.5 Å². The average molecular weight is 426 g/mol. The van der Waals surface area contributed by atoms with Crippen LogP contribution in [0.3, 0.4) is 0 Å². The normalized spacial score (nSPS) is 12.6. The van der Waals surface area contributed by atoms with Crippen LogP contribution >= 0.6 is 0 Å². The number of aryl methyl sites for hydroxylation is 2. The molecular weight excluding hydrogens is 402 g/mol. The number of amides is 1. The summed E-state index contributed by atoms with van der Waals surface area (Å²) in [7, 11) is -3.72. The number of rotatable bonds is 9. The predicted molar refractivity (Wildman–Crippen MR) is 105 cm³/mol. The van der Waals surface area contributed by atoms with Crippen molar-refractivity contribution in [2.45, 2.75) is 44.7 Å². The second kappa shape index (κ2) is 9.80. The van der Waals surface area contributed by atoms with Gasteiger partial charge in [0, 0.05) is 13.0 Å². The summed E-state index contributed by atoms with van der Waals surface area (Å²) in [6.45, 7) is 2.20. The molecule has 0 saturated heterocycles. The van der Waals surface area contributed by atoms with Crippen molar-refractivity contribution in [3.05, 3.63) is 59.2 Å². The van der Waals surface area contributed by atoms with E-state index in [1.165, 1.54) is 12.1 Å². The highest BCUT2D eigenvalue weighted by molar-refractivity contribution is 7.89. The molecule has 0 radical (unpaired) electrons. The molecule has 0 aliphatic rings. The molecule has 2 aromatic carbocycles. The van der Waals surface area contributed by atoms with E-state index in [0.29, 0.717) is 11.1 Å². The van der Waals surface area contributed by atoms with E-state index in [4.69, 9.17) is 0 Å². The summed E-state index contributed by atoms with van der Waals surface area (Å²) in [5.74, 6) is -0.374. The van der Waals surface area contributed by atoms with Crippen LogP contribution in [0.5, 0.6) is 5.75 Å². The molecule has 2 rings (SSSR count). The zero-order valence-electron chi connectivity index (χ0n) is 16.4. The molecule has 0 heterocycles. The lowest BCUT2D eigenvalue weighted by Gasteiger charge is -2.16. The number of alkyl halides is 2. The fraction of sp³-hybridized carbons (Fsp3) is 0.350. The quantitative estimate of drug-likeness (QED) is 0.643. The summed E-state index contributed by atoms with van der Waals surface area (Å²) in [4.78, 5) is 12.3. The number of benzene rings is 2. The summed E-state index contributed by atoms with van der Waals surface area (Å²) in [6, 6.07) is 10.7. The Hall–Kier alpha value is -2.52. The maximum Gasteiger partial charge on any atom is 0.387 e. The molecule has 6 nitrogen and oxygen atoms in total. The first-order valence-corrected chi connectivity index (χ1v) is 10.5. The van der Waals surface area contributed by atoms with E-state index in [2.05, 4.69) is 14.8 Å². The SMILES string of the molecule is Cc1ccc(C)c(S(=O)(=O)NCCC(=O)NC(C)c2cccc(OC(F)F)c2)c1. The van der Waals surface area contributed by atoms with Crippen molar-refractivity contribution in [3.8, 4) is 5.75 Å². The van der Waals surface area contributed by atoms with Crippen LogP contribution in [-0.4, -0.2) is 27.5 Å². The molecule has 0 spiro atoms. The van der Waals surface area contributed by atoms with Crippen molar-refractivity contribution in [1.29, 1.82) is 0 Å². The summed E-state index contributed by atoms with van der Waals surface area (Å²) in [6.07, 6.45) is -0.0678. The highest BCUT2D eigenvalue weighted by Gasteiger charge is 2.18. The van der Waals surface area contributed by atoms with Gasteiger partial charge in [0.15, 0.2) is 0 Å². The fourth-order valence-electron chi connectivity index (χ4n) is 2.73. The van der Waals surface area contributed by atoms with Gasteiger partial charge in [-0.05, 0) is 55.7 Å². The molecule has 0 aromatic heterocycles. The number of carbonyl (C=O) groups is 1. The summed E-state index contributed by atoms with van der Waals surface area (Å²) in [5, 5.41) is 2.71. The number of hydrogen-bond acceptors (Lipinski definition) is 4. The minimum atomic E-state index is -3.72. The van der Waals surface area contributed by atoms with Crippen LogP contribution in [0.4, 0.5) is 8.78 Å². The van der Waals surface area contributed by atoms with Crippen LogP contribution in [0.15, 0.2) is 47.4 Å². The van der Waals surface area contributed by atoms with Crippen molar-refractivity contribution in [2.75, 3.05) is 6.54 Å². The molecule has 1 atom stereocenters. The molecular formula is C20H24F2N2O4S. The van der Waals surface area contributed by atoms with Gasteiger partial charge < -0.3 is 10.1 Å². The average Bonchev–Trinajstić information content (AvgIpc) is 2.63.